The Balaban J connectivity index is 1.74. The molecule has 1 heterocycles. The minimum atomic E-state index is -0.344. The Hall–Kier alpha value is -3.91. The second-order valence-corrected chi connectivity index (χ2v) is 8.28. The molecule has 0 saturated carbocycles. The molecule has 8 nitrogen and oxygen atoms in total. The molecule has 3 rings (SSSR count). The van der Waals surface area contributed by atoms with Crippen molar-refractivity contribution in [3.8, 4) is 11.5 Å². The van der Waals surface area contributed by atoms with Gasteiger partial charge in [-0.25, -0.2) is 0 Å². The lowest BCUT2D eigenvalue weighted by Crippen LogP contribution is -2.28. The third-order valence-electron chi connectivity index (χ3n) is 5.24. The van der Waals surface area contributed by atoms with Crippen molar-refractivity contribution >= 4 is 17.5 Å². The van der Waals surface area contributed by atoms with E-state index in [1.165, 1.54) is 12.0 Å². The van der Waals surface area contributed by atoms with E-state index in [1.807, 2.05) is 24.3 Å². The number of amides is 2. The summed E-state index contributed by atoms with van der Waals surface area (Å²) in [4.78, 5) is 30.8. The first kappa shape index (κ1) is 24.7. The highest BCUT2D eigenvalue weighted by molar-refractivity contribution is 6.04. The number of methoxy groups -OCH3 is 1. The number of hydrogen-bond acceptors (Lipinski definition) is 6. The topological polar surface area (TPSA) is 104 Å². The lowest BCUT2D eigenvalue weighted by Gasteiger charge is -2.17. The van der Waals surface area contributed by atoms with Crippen LogP contribution in [0.5, 0.6) is 11.5 Å². The van der Waals surface area contributed by atoms with E-state index in [0.717, 1.165) is 17.5 Å². The largest absolute Gasteiger partial charge is 0.504 e. The van der Waals surface area contributed by atoms with Crippen molar-refractivity contribution in [3.63, 3.8) is 0 Å². The average molecular weight is 463 g/mol. The number of rotatable bonds is 9. The Morgan fingerprint density at radius 1 is 1.09 bits per heavy atom. The summed E-state index contributed by atoms with van der Waals surface area (Å²) < 4.78 is 5.18. The fourth-order valence-electron chi connectivity index (χ4n) is 3.51. The summed E-state index contributed by atoms with van der Waals surface area (Å²) in [5, 5.41) is 16.1. The number of nitrogens with one attached hydrogen (secondary N) is 2. The molecule has 2 aromatic carbocycles. The van der Waals surface area contributed by atoms with Gasteiger partial charge in [0.05, 0.1) is 7.11 Å². The Morgan fingerprint density at radius 2 is 1.88 bits per heavy atom. The zero-order valence-electron chi connectivity index (χ0n) is 19.8. The molecular weight excluding hydrogens is 432 g/mol. The lowest BCUT2D eigenvalue weighted by atomic mass is 10.0. The van der Waals surface area contributed by atoms with Crippen molar-refractivity contribution in [3.05, 3.63) is 83.2 Å². The summed E-state index contributed by atoms with van der Waals surface area (Å²) in [6.07, 6.45) is 2.28. The van der Waals surface area contributed by atoms with E-state index >= 15 is 0 Å². The summed E-state index contributed by atoms with van der Waals surface area (Å²) in [6.45, 7) is 2.55. The van der Waals surface area contributed by atoms with Gasteiger partial charge in [0.15, 0.2) is 11.5 Å². The zero-order valence-corrected chi connectivity index (χ0v) is 19.8. The molecule has 0 aliphatic heterocycles. The predicted molar refractivity (Wildman–Crippen MR) is 131 cm³/mol. The zero-order chi connectivity index (χ0) is 24.7. The van der Waals surface area contributed by atoms with Gasteiger partial charge in [0.1, 0.15) is 5.69 Å². The number of aromatic nitrogens is 1. The van der Waals surface area contributed by atoms with E-state index in [9.17, 15) is 14.7 Å². The maximum atomic E-state index is 12.6. The van der Waals surface area contributed by atoms with Crippen LogP contribution in [0.4, 0.5) is 5.69 Å². The molecular formula is C26H30N4O4. The predicted octanol–water partition coefficient (Wildman–Crippen LogP) is 3.47. The smallest absolute Gasteiger partial charge is 0.274 e. The highest BCUT2D eigenvalue weighted by Crippen LogP contribution is 2.26. The van der Waals surface area contributed by atoms with E-state index in [4.69, 9.17) is 4.74 Å². The van der Waals surface area contributed by atoms with Gasteiger partial charge in [-0.3, -0.25) is 14.6 Å². The van der Waals surface area contributed by atoms with E-state index < -0.39 is 0 Å². The van der Waals surface area contributed by atoms with Gasteiger partial charge >= 0.3 is 0 Å². The normalized spacial score (nSPS) is 11.5. The molecule has 1 aromatic heterocycles. The third-order valence-corrected chi connectivity index (χ3v) is 5.24. The van der Waals surface area contributed by atoms with Crippen LogP contribution < -0.4 is 15.4 Å². The number of pyridine rings is 1. The van der Waals surface area contributed by atoms with Crippen LogP contribution in [0, 0.1) is 0 Å². The summed E-state index contributed by atoms with van der Waals surface area (Å²) in [7, 11) is 4.90. The molecule has 34 heavy (non-hydrogen) atoms. The first-order valence-corrected chi connectivity index (χ1v) is 10.9. The maximum absolute atomic E-state index is 12.6. The van der Waals surface area contributed by atoms with E-state index in [0.29, 0.717) is 29.2 Å². The summed E-state index contributed by atoms with van der Waals surface area (Å²) >= 11 is 0. The van der Waals surface area contributed by atoms with Gasteiger partial charge < -0.3 is 25.4 Å². The van der Waals surface area contributed by atoms with Crippen molar-refractivity contribution in [1.29, 1.82) is 0 Å². The number of phenolic OH excluding ortho intramolecular Hbond substituents is 1. The number of carbonyl (C=O) groups excluding carboxylic acids is 2. The molecule has 0 bridgehead atoms. The van der Waals surface area contributed by atoms with Crippen LogP contribution in [0.2, 0.25) is 0 Å². The van der Waals surface area contributed by atoms with Crippen molar-refractivity contribution in [1.82, 2.24) is 15.2 Å². The Morgan fingerprint density at radius 3 is 2.56 bits per heavy atom. The Labute approximate surface area is 199 Å². The molecule has 0 fully saturated rings. The number of benzene rings is 2. The number of carbonyl (C=O) groups is 2. The van der Waals surface area contributed by atoms with Gasteiger partial charge in [0.25, 0.3) is 11.8 Å². The molecule has 1 unspecified atom stereocenters. The van der Waals surface area contributed by atoms with Gasteiger partial charge in [0, 0.05) is 44.1 Å². The maximum Gasteiger partial charge on any atom is 0.274 e. The van der Waals surface area contributed by atoms with Gasteiger partial charge in [-0.1, -0.05) is 12.1 Å². The second-order valence-electron chi connectivity index (χ2n) is 8.28. The summed E-state index contributed by atoms with van der Waals surface area (Å²) in [5.41, 5.74) is 3.19. The van der Waals surface area contributed by atoms with Crippen LogP contribution >= 0.6 is 0 Å². The van der Waals surface area contributed by atoms with Crippen LogP contribution in [-0.2, 0) is 13.0 Å². The molecule has 0 saturated heterocycles. The molecule has 0 spiro atoms. The minimum Gasteiger partial charge on any atom is -0.504 e. The third kappa shape index (κ3) is 6.55. The summed E-state index contributed by atoms with van der Waals surface area (Å²) in [6, 6.07) is 15.8. The highest BCUT2D eigenvalue weighted by Gasteiger charge is 2.14. The standard InChI is InChI=1S/C26H30N4O4/c1-17(11-18-8-9-23(31)24(14-18)34-4)28-16-19-12-20(26(33)30(2)3)15-21(13-19)29-25(32)22-7-5-6-10-27-22/h5-10,12-15,17,28,31H,11,16H2,1-4H3,(H,29,32). The number of ether oxygens (including phenoxy) is 1. The molecule has 0 aliphatic rings. The van der Waals surface area contributed by atoms with Gasteiger partial charge in [-0.05, 0) is 66.9 Å². The van der Waals surface area contributed by atoms with E-state index in [1.54, 1.807) is 50.6 Å². The van der Waals surface area contributed by atoms with Crippen molar-refractivity contribution in [2.45, 2.75) is 25.9 Å². The molecule has 3 N–H and O–H groups in total. The molecule has 3 aromatic rings. The Kier molecular flexibility index (Phi) is 8.21. The minimum absolute atomic E-state index is 0.106. The quantitative estimate of drug-likeness (QED) is 0.450. The average Bonchev–Trinajstić information content (AvgIpc) is 2.83. The number of anilines is 1. The summed E-state index contributed by atoms with van der Waals surface area (Å²) in [5.74, 6) is 0.0467. The number of nitrogens with zero attached hydrogens (tertiary/aromatic N) is 2. The van der Waals surface area contributed by atoms with Crippen molar-refractivity contribution in [2.24, 2.45) is 0 Å². The number of aromatic hydroxyl groups is 1. The molecule has 0 radical (unpaired) electrons. The van der Waals surface area contributed by atoms with Gasteiger partial charge in [-0.2, -0.15) is 0 Å². The van der Waals surface area contributed by atoms with Crippen LogP contribution in [0.1, 0.15) is 38.9 Å². The van der Waals surface area contributed by atoms with Gasteiger partial charge in [-0.15, -0.1) is 0 Å². The molecule has 178 valence electrons. The van der Waals surface area contributed by atoms with Crippen molar-refractivity contribution in [2.75, 3.05) is 26.5 Å². The highest BCUT2D eigenvalue weighted by atomic mass is 16.5. The van der Waals surface area contributed by atoms with Gasteiger partial charge in [0.2, 0.25) is 0 Å². The van der Waals surface area contributed by atoms with Crippen LogP contribution in [0.15, 0.2) is 60.8 Å². The lowest BCUT2D eigenvalue weighted by molar-refractivity contribution is 0.0827. The monoisotopic (exact) mass is 462 g/mol. The number of phenols is 1. The molecule has 8 heteroatoms. The fourth-order valence-corrected chi connectivity index (χ4v) is 3.51. The number of hydrogen-bond donors (Lipinski definition) is 3. The fraction of sp³-hybridized carbons (Fsp3) is 0.269. The Bertz CT molecular complexity index is 1150. The van der Waals surface area contributed by atoms with Crippen LogP contribution in [-0.4, -0.2) is 54.1 Å². The first-order chi connectivity index (χ1) is 16.3. The van der Waals surface area contributed by atoms with Crippen LogP contribution in [0.3, 0.4) is 0 Å². The van der Waals surface area contributed by atoms with E-state index in [-0.39, 0.29) is 23.6 Å². The molecule has 1 atom stereocenters. The van der Waals surface area contributed by atoms with E-state index in [2.05, 4.69) is 22.5 Å². The second kappa shape index (κ2) is 11.3. The van der Waals surface area contributed by atoms with Crippen LogP contribution in [0.25, 0.3) is 0 Å². The SMILES string of the molecule is COc1cc(CC(C)NCc2cc(NC(=O)c3ccccn3)cc(C(=O)N(C)C)c2)ccc1O. The first-order valence-electron chi connectivity index (χ1n) is 10.9. The van der Waals surface area contributed by atoms with Crippen molar-refractivity contribution < 1.29 is 19.4 Å². The molecule has 0 aliphatic carbocycles. The molecule has 2 amide bonds.